The largest absolute Gasteiger partial charge is 0.508 e. The molecular formula is C44H38N2O12. The third-order valence-corrected chi connectivity index (χ3v) is 7.05. The van der Waals surface area contributed by atoms with Gasteiger partial charge in [-0.25, -0.2) is 9.59 Å². The van der Waals surface area contributed by atoms with Crippen LogP contribution in [0.3, 0.4) is 0 Å². The number of nitrogens with one attached hydrogen (secondary N) is 2. The number of hydrogen-bond donors (Lipinski definition) is 6. The van der Waals surface area contributed by atoms with Crippen LogP contribution >= 0.6 is 0 Å². The SMILES string of the molecule is CC(=O)Oc1ccc(C(=O)Nc2ccccc2)cc1.CC(=O)Oc1ccc(C(=O)O)cc1.O=C(Nc1ccccc1)c1ccc(O)cc1.O=C(O)c1ccc(O)cc1. The van der Waals surface area contributed by atoms with Gasteiger partial charge in [0.1, 0.15) is 23.0 Å². The van der Waals surface area contributed by atoms with Gasteiger partial charge in [0.15, 0.2) is 0 Å². The maximum absolute atomic E-state index is 11.9. The van der Waals surface area contributed by atoms with Crippen molar-refractivity contribution in [2.75, 3.05) is 10.6 Å². The molecule has 14 heteroatoms. The number of carboxylic acids is 2. The van der Waals surface area contributed by atoms with Crippen LogP contribution in [-0.2, 0) is 9.59 Å². The molecule has 6 aromatic rings. The van der Waals surface area contributed by atoms with Crippen LogP contribution in [0.25, 0.3) is 0 Å². The monoisotopic (exact) mass is 786 g/mol. The van der Waals surface area contributed by atoms with E-state index < -0.39 is 17.9 Å². The zero-order valence-electron chi connectivity index (χ0n) is 31.1. The molecule has 296 valence electrons. The van der Waals surface area contributed by atoms with E-state index in [0.29, 0.717) is 22.6 Å². The molecule has 6 rings (SSSR count). The van der Waals surface area contributed by atoms with E-state index in [9.17, 15) is 28.8 Å². The summed E-state index contributed by atoms with van der Waals surface area (Å²) in [5, 5.41) is 40.3. The summed E-state index contributed by atoms with van der Waals surface area (Å²) in [7, 11) is 0. The lowest BCUT2D eigenvalue weighted by Gasteiger charge is -2.06. The minimum Gasteiger partial charge on any atom is -0.508 e. The number of aromatic hydroxyl groups is 2. The van der Waals surface area contributed by atoms with Gasteiger partial charge in [-0.1, -0.05) is 36.4 Å². The summed E-state index contributed by atoms with van der Waals surface area (Å²) in [6.45, 7) is 2.61. The Morgan fingerprint density at radius 3 is 0.966 bits per heavy atom. The first kappa shape index (κ1) is 44.1. The molecule has 0 radical (unpaired) electrons. The minimum atomic E-state index is -1.01. The van der Waals surface area contributed by atoms with Crippen molar-refractivity contribution in [3.05, 3.63) is 180 Å². The molecule has 0 aliphatic heterocycles. The fraction of sp³-hybridized carbons (Fsp3) is 0.0455. The van der Waals surface area contributed by atoms with Crippen LogP contribution in [0, 0.1) is 0 Å². The number of benzene rings is 6. The Morgan fingerprint density at radius 1 is 0.397 bits per heavy atom. The number of phenols is 2. The number of ether oxygens (including phenoxy) is 2. The predicted molar refractivity (Wildman–Crippen MR) is 214 cm³/mol. The molecule has 0 unspecified atom stereocenters. The third kappa shape index (κ3) is 16.4. The minimum absolute atomic E-state index is 0.0741. The smallest absolute Gasteiger partial charge is 0.335 e. The summed E-state index contributed by atoms with van der Waals surface area (Å²) in [4.78, 5) is 65.6. The highest BCUT2D eigenvalue weighted by atomic mass is 16.5. The number of carboxylic acid groups (broad SMARTS) is 2. The fourth-order valence-corrected chi connectivity index (χ4v) is 4.34. The van der Waals surface area contributed by atoms with Crippen LogP contribution in [-0.4, -0.2) is 56.1 Å². The maximum atomic E-state index is 11.9. The molecule has 14 nitrogen and oxygen atoms in total. The Kier molecular flexibility index (Phi) is 17.4. The zero-order chi connectivity index (χ0) is 42.5. The lowest BCUT2D eigenvalue weighted by molar-refractivity contribution is -0.132. The van der Waals surface area contributed by atoms with Crippen molar-refractivity contribution in [1.82, 2.24) is 0 Å². The molecule has 6 aromatic carbocycles. The van der Waals surface area contributed by atoms with E-state index in [2.05, 4.69) is 10.6 Å². The first-order valence-corrected chi connectivity index (χ1v) is 17.0. The highest BCUT2D eigenvalue weighted by Gasteiger charge is 2.08. The van der Waals surface area contributed by atoms with Crippen LogP contribution < -0.4 is 20.1 Å². The summed E-state index contributed by atoms with van der Waals surface area (Å²) in [6.07, 6.45) is 0. The highest BCUT2D eigenvalue weighted by molar-refractivity contribution is 6.05. The van der Waals surface area contributed by atoms with Crippen molar-refractivity contribution in [3.63, 3.8) is 0 Å². The van der Waals surface area contributed by atoms with Crippen molar-refractivity contribution >= 4 is 47.1 Å². The quantitative estimate of drug-likeness (QED) is 0.0639. The van der Waals surface area contributed by atoms with Crippen molar-refractivity contribution < 1.29 is 58.7 Å². The Balaban J connectivity index is 0.000000212. The maximum Gasteiger partial charge on any atom is 0.335 e. The lowest BCUT2D eigenvalue weighted by atomic mass is 10.2. The highest BCUT2D eigenvalue weighted by Crippen LogP contribution is 2.16. The first-order valence-electron chi connectivity index (χ1n) is 17.0. The molecule has 0 spiro atoms. The Hall–Kier alpha value is -8.26. The molecule has 0 aliphatic carbocycles. The Morgan fingerprint density at radius 2 is 0.672 bits per heavy atom. The summed E-state index contributed by atoms with van der Waals surface area (Å²) in [5.74, 6) is -2.21. The first-order chi connectivity index (χ1) is 27.7. The molecule has 0 aliphatic rings. The second-order valence-corrected chi connectivity index (χ2v) is 11.6. The molecule has 0 bridgehead atoms. The van der Waals surface area contributed by atoms with Gasteiger partial charge in [-0.2, -0.15) is 0 Å². The molecular weight excluding hydrogens is 748 g/mol. The van der Waals surface area contributed by atoms with Gasteiger partial charge in [0, 0.05) is 36.3 Å². The Labute approximate surface area is 332 Å². The standard InChI is InChI=1S/C15H13NO3.C13H11NO2.C9H8O4.C7H6O3/c1-11(17)19-14-9-7-12(8-10-14)15(18)16-13-5-3-2-4-6-13;15-12-8-6-10(7-9-12)13(16)14-11-4-2-1-3-5-11;1-6(10)13-8-4-2-7(3-5-8)9(11)12;8-6-3-1-5(2-4-6)7(9)10/h2-10H,1H3,(H,16,18);1-9,15H,(H,14,16);2-5H,1H3,(H,11,12);1-4,8H,(H,9,10). The van der Waals surface area contributed by atoms with E-state index in [4.69, 9.17) is 29.9 Å². The molecule has 2 amide bonds. The van der Waals surface area contributed by atoms with Crippen molar-refractivity contribution in [3.8, 4) is 23.0 Å². The van der Waals surface area contributed by atoms with Gasteiger partial charge in [-0.3, -0.25) is 19.2 Å². The Bertz CT molecular complexity index is 2260. The molecule has 0 aromatic heterocycles. The van der Waals surface area contributed by atoms with Gasteiger partial charge >= 0.3 is 23.9 Å². The number of carbonyl (C=O) groups excluding carboxylic acids is 4. The number of phenolic OH excluding ortho intramolecular Hbond substituents is 2. The third-order valence-electron chi connectivity index (χ3n) is 7.05. The topological polar surface area (TPSA) is 226 Å². The summed E-state index contributed by atoms with van der Waals surface area (Å²) < 4.78 is 9.61. The normalized spacial score (nSPS) is 9.55. The second-order valence-electron chi connectivity index (χ2n) is 11.6. The van der Waals surface area contributed by atoms with Crippen molar-refractivity contribution in [2.45, 2.75) is 13.8 Å². The van der Waals surface area contributed by atoms with E-state index in [1.54, 1.807) is 36.4 Å². The molecule has 0 saturated heterocycles. The average molecular weight is 787 g/mol. The molecule has 0 fully saturated rings. The van der Waals surface area contributed by atoms with Crippen LogP contribution in [0.4, 0.5) is 11.4 Å². The van der Waals surface area contributed by atoms with Crippen LogP contribution in [0.2, 0.25) is 0 Å². The van der Waals surface area contributed by atoms with Crippen LogP contribution in [0.5, 0.6) is 23.0 Å². The molecule has 0 heterocycles. The lowest BCUT2D eigenvalue weighted by Crippen LogP contribution is -2.11. The fourth-order valence-electron chi connectivity index (χ4n) is 4.34. The summed E-state index contributed by atoms with van der Waals surface area (Å²) in [6, 6.07) is 41.9. The molecule has 6 N–H and O–H groups in total. The van der Waals surface area contributed by atoms with Crippen molar-refractivity contribution in [1.29, 1.82) is 0 Å². The van der Waals surface area contributed by atoms with E-state index in [-0.39, 0.29) is 40.4 Å². The average Bonchev–Trinajstić information content (AvgIpc) is 3.20. The van der Waals surface area contributed by atoms with Crippen LogP contribution in [0.15, 0.2) is 158 Å². The second kappa shape index (κ2) is 22.8. The number of para-hydroxylation sites is 2. The number of esters is 2. The van der Waals surface area contributed by atoms with E-state index >= 15 is 0 Å². The molecule has 0 atom stereocenters. The van der Waals surface area contributed by atoms with E-state index in [0.717, 1.165) is 11.4 Å². The van der Waals surface area contributed by atoms with Crippen molar-refractivity contribution in [2.24, 2.45) is 0 Å². The van der Waals surface area contributed by atoms with Gasteiger partial charge in [-0.05, 0) is 121 Å². The van der Waals surface area contributed by atoms with Gasteiger partial charge in [0.2, 0.25) is 0 Å². The van der Waals surface area contributed by atoms with E-state index in [1.807, 2.05) is 60.7 Å². The number of hydrogen-bond acceptors (Lipinski definition) is 10. The number of anilines is 2. The number of amides is 2. The van der Waals surface area contributed by atoms with Gasteiger partial charge < -0.3 is 40.5 Å². The van der Waals surface area contributed by atoms with E-state index in [1.165, 1.54) is 74.5 Å². The van der Waals surface area contributed by atoms with Gasteiger partial charge in [-0.15, -0.1) is 0 Å². The van der Waals surface area contributed by atoms with Gasteiger partial charge in [0.25, 0.3) is 11.8 Å². The number of rotatable bonds is 8. The predicted octanol–water partition coefficient (Wildman–Crippen LogP) is 7.91. The molecule has 0 saturated carbocycles. The summed E-state index contributed by atoms with van der Waals surface area (Å²) >= 11 is 0. The summed E-state index contributed by atoms with van der Waals surface area (Å²) in [5.41, 5.74) is 2.84. The number of carbonyl (C=O) groups is 6. The molecule has 58 heavy (non-hydrogen) atoms. The van der Waals surface area contributed by atoms with Gasteiger partial charge in [0.05, 0.1) is 11.1 Å². The van der Waals surface area contributed by atoms with Crippen LogP contribution in [0.1, 0.15) is 55.3 Å². The number of aromatic carboxylic acids is 2. The zero-order valence-corrected chi connectivity index (χ0v) is 31.1.